The van der Waals surface area contributed by atoms with Crippen LogP contribution in [-0.2, 0) is 14.3 Å². The third kappa shape index (κ3) is 10.0. The van der Waals surface area contributed by atoms with Crippen LogP contribution in [0.15, 0.2) is 24.3 Å². The van der Waals surface area contributed by atoms with Crippen molar-refractivity contribution in [3.05, 3.63) is 29.8 Å². The van der Waals surface area contributed by atoms with Gasteiger partial charge in [0.25, 0.3) is 0 Å². The van der Waals surface area contributed by atoms with E-state index in [0.29, 0.717) is 37.6 Å². The van der Waals surface area contributed by atoms with Crippen molar-refractivity contribution in [2.75, 3.05) is 26.4 Å². The molecule has 1 aromatic rings. The highest BCUT2D eigenvalue weighted by Crippen LogP contribution is 2.10. The first-order chi connectivity index (χ1) is 11.8. The summed E-state index contributed by atoms with van der Waals surface area (Å²) >= 11 is 0. The summed E-state index contributed by atoms with van der Waals surface area (Å²) in [6.07, 6.45) is 6.89. The molecule has 0 radical (unpaired) electrons. The molecule has 0 saturated carbocycles. The maximum absolute atomic E-state index is 11.5. The largest absolute Gasteiger partial charge is 0.491 e. The summed E-state index contributed by atoms with van der Waals surface area (Å²) in [5.74, 6) is 0.542. The van der Waals surface area contributed by atoms with Crippen LogP contribution in [0.25, 0.3) is 0 Å². The molecule has 0 atom stereocenters. The molecule has 0 saturated heterocycles. The van der Waals surface area contributed by atoms with Crippen molar-refractivity contribution < 1.29 is 23.8 Å². The number of aldehydes is 1. The van der Waals surface area contributed by atoms with E-state index < -0.39 is 0 Å². The molecule has 0 N–H and O–H groups in total. The van der Waals surface area contributed by atoms with E-state index in [1.165, 1.54) is 19.3 Å². The van der Waals surface area contributed by atoms with Gasteiger partial charge in [0.05, 0.1) is 13.2 Å². The van der Waals surface area contributed by atoms with E-state index >= 15 is 0 Å². The molecule has 1 rings (SSSR count). The zero-order chi connectivity index (χ0) is 17.5. The van der Waals surface area contributed by atoms with Crippen molar-refractivity contribution in [1.29, 1.82) is 0 Å². The van der Waals surface area contributed by atoms with Crippen LogP contribution in [0.5, 0.6) is 5.75 Å². The monoisotopic (exact) mass is 336 g/mol. The van der Waals surface area contributed by atoms with Gasteiger partial charge in [-0.1, -0.05) is 32.6 Å². The fourth-order valence-corrected chi connectivity index (χ4v) is 2.12. The Hall–Kier alpha value is -1.88. The third-order valence-corrected chi connectivity index (χ3v) is 3.49. The van der Waals surface area contributed by atoms with E-state index in [1.54, 1.807) is 24.3 Å². The van der Waals surface area contributed by atoms with Crippen LogP contribution in [-0.4, -0.2) is 38.7 Å². The quantitative estimate of drug-likeness (QED) is 0.294. The van der Waals surface area contributed by atoms with Gasteiger partial charge in [-0.05, 0) is 30.7 Å². The number of carbonyl (C=O) groups excluding carboxylic acids is 2. The van der Waals surface area contributed by atoms with Crippen LogP contribution >= 0.6 is 0 Å². The molecular weight excluding hydrogens is 308 g/mol. The molecular formula is C19H28O5. The van der Waals surface area contributed by atoms with Crippen molar-refractivity contribution in [2.24, 2.45) is 0 Å². The van der Waals surface area contributed by atoms with Crippen LogP contribution in [0.2, 0.25) is 0 Å². The van der Waals surface area contributed by atoms with E-state index in [2.05, 4.69) is 6.92 Å². The Morgan fingerprint density at radius 1 is 0.958 bits per heavy atom. The Morgan fingerprint density at radius 2 is 1.67 bits per heavy atom. The van der Waals surface area contributed by atoms with Crippen LogP contribution < -0.4 is 4.74 Å². The Morgan fingerprint density at radius 3 is 2.38 bits per heavy atom. The van der Waals surface area contributed by atoms with Gasteiger partial charge in [0.2, 0.25) is 0 Å². The average molecular weight is 336 g/mol. The molecule has 0 aliphatic heterocycles. The second-order valence-corrected chi connectivity index (χ2v) is 5.53. The van der Waals surface area contributed by atoms with Gasteiger partial charge in [-0.25, -0.2) is 0 Å². The van der Waals surface area contributed by atoms with Crippen molar-refractivity contribution in [3.8, 4) is 5.75 Å². The van der Waals surface area contributed by atoms with E-state index in [4.69, 9.17) is 14.2 Å². The Balaban J connectivity index is 1.92. The second-order valence-electron chi connectivity index (χ2n) is 5.53. The first kappa shape index (κ1) is 20.2. The predicted octanol–water partition coefficient (Wildman–Crippen LogP) is 3.80. The molecule has 0 amide bonds. The standard InChI is InChI=1S/C19H28O5/c1-2-3-4-5-6-7-19(21)24-15-13-22-12-14-23-18-10-8-17(16-20)9-11-18/h8-11,16H,2-7,12-15H2,1H3. The molecule has 0 spiro atoms. The third-order valence-electron chi connectivity index (χ3n) is 3.49. The van der Waals surface area contributed by atoms with E-state index in [9.17, 15) is 9.59 Å². The summed E-state index contributed by atoms with van der Waals surface area (Å²) in [6.45, 7) is 3.65. The molecule has 0 bridgehead atoms. The highest BCUT2D eigenvalue weighted by atomic mass is 16.6. The lowest BCUT2D eigenvalue weighted by Crippen LogP contribution is -2.13. The molecule has 0 fully saturated rings. The lowest BCUT2D eigenvalue weighted by Gasteiger charge is -2.08. The van der Waals surface area contributed by atoms with Crippen LogP contribution in [0.1, 0.15) is 55.8 Å². The van der Waals surface area contributed by atoms with Crippen LogP contribution in [0.3, 0.4) is 0 Å². The number of ether oxygens (including phenoxy) is 3. The highest BCUT2D eigenvalue weighted by Gasteiger charge is 2.02. The minimum absolute atomic E-state index is 0.151. The Labute approximate surface area is 144 Å². The van der Waals surface area contributed by atoms with Crippen molar-refractivity contribution in [3.63, 3.8) is 0 Å². The summed E-state index contributed by atoms with van der Waals surface area (Å²) in [7, 11) is 0. The van der Waals surface area contributed by atoms with Gasteiger partial charge in [-0.15, -0.1) is 0 Å². The van der Waals surface area contributed by atoms with E-state index in [1.807, 2.05) is 0 Å². The molecule has 5 nitrogen and oxygen atoms in total. The molecule has 0 heterocycles. The lowest BCUT2D eigenvalue weighted by atomic mass is 10.1. The van der Waals surface area contributed by atoms with Gasteiger partial charge < -0.3 is 14.2 Å². The molecule has 1 aromatic carbocycles. The topological polar surface area (TPSA) is 61.8 Å². The van der Waals surface area contributed by atoms with Crippen molar-refractivity contribution >= 4 is 12.3 Å². The molecule has 134 valence electrons. The zero-order valence-corrected chi connectivity index (χ0v) is 14.5. The maximum atomic E-state index is 11.5. The van der Waals surface area contributed by atoms with Gasteiger partial charge in [-0.2, -0.15) is 0 Å². The molecule has 5 heteroatoms. The van der Waals surface area contributed by atoms with Gasteiger partial charge in [-0.3, -0.25) is 9.59 Å². The summed E-state index contributed by atoms with van der Waals surface area (Å²) < 4.78 is 15.9. The van der Waals surface area contributed by atoms with Crippen LogP contribution in [0, 0.1) is 0 Å². The van der Waals surface area contributed by atoms with E-state index in [0.717, 1.165) is 19.1 Å². The van der Waals surface area contributed by atoms with Gasteiger partial charge >= 0.3 is 5.97 Å². The number of rotatable bonds is 14. The summed E-state index contributed by atoms with van der Waals surface area (Å²) in [5, 5.41) is 0. The van der Waals surface area contributed by atoms with Crippen molar-refractivity contribution in [1.82, 2.24) is 0 Å². The maximum Gasteiger partial charge on any atom is 0.305 e. The molecule has 0 aromatic heterocycles. The molecule has 24 heavy (non-hydrogen) atoms. The van der Waals surface area contributed by atoms with E-state index in [-0.39, 0.29) is 12.6 Å². The number of carbonyl (C=O) groups is 2. The first-order valence-corrected chi connectivity index (χ1v) is 8.67. The molecule has 0 aliphatic rings. The second kappa shape index (κ2) is 13.5. The van der Waals surface area contributed by atoms with Gasteiger partial charge in [0.15, 0.2) is 0 Å². The summed E-state index contributed by atoms with van der Waals surface area (Å²) in [5.41, 5.74) is 0.616. The average Bonchev–Trinajstić information content (AvgIpc) is 2.61. The van der Waals surface area contributed by atoms with Crippen LogP contribution in [0.4, 0.5) is 0 Å². The minimum Gasteiger partial charge on any atom is -0.491 e. The minimum atomic E-state index is -0.151. The Bertz CT molecular complexity index is 455. The summed E-state index contributed by atoms with van der Waals surface area (Å²) in [6, 6.07) is 6.88. The number of esters is 1. The van der Waals surface area contributed by atoms with Gasteiger partial charge in [0, 0.05) is 12.0 Å². The fourth-order valence-electron chi connectivity index (χ4n) is 2.12. The number of benzene rings is 1. The smallest absolute Gasteiger partial charge is 0.305 e. The zero-order valence-electron chi connectivity index (χ0n) is 14.5. The van der Waals surface area contributed by atoms with Gasteiger partial charge in [0.1, 0.15) is 25.2 Å². The number of unbranched alkanes of at least 4 members (excludes halogenated alkanes) is 4. The molecule has 0 unspecified atom stereocenters. The van der Waals surface area contributed by atoms with Crippen molar-refractivity contribution in [2.45, 2.75) is 45.4 Å². The SMILES string of the molecule is CCCCCCCC(=O)OCCOCCOc1ccc(C=O)cc1. The number of hydrogen-bond donors (Lipinski definition) is 0. The predicted molar refractivity (Wildman–Crippen MR) is 92.5 cm³/mol. The normalized spacial score (nSPS) is 10.4. The Kier molecular flexibility index (Phi) is 11.4. The summed E-state index contributed by atoms with van der Waals surface area (Å²) in [4.78, 5) is 22.0. The fraction of sp³-hybridized carbons (Fsp3) is 0.579. The lowest BCUT2D eigenvalue weighted by molar-refractivity contribution is -0.145. The highest BCUT2D eigenvalue weighted by molar-refractivity contribution is 5.74. The first-order valence-electron chi connectivity index (χ1n) is 8.67. The molecule has 0 aliphatic carbocycles. The number of hydrogen-bond acceptors (Lipinski definition) is 5.